The van der Waals surface area contributed by atoms with Crippen LogP contribution < -0.4 is 16.4 Å². The highest BCUT2D eigenvalue weighted by molar-refractivity contribution is 5.97. The Balaban J connectivity index is 2.67. The second kappa shape index (κ2) is 6.39. The van der Waals surface area contributed by atoms with E-state index in [2.05, 4.69) is 15.4 Å². The fraction of sp³-hybridized carbons (Fsp3) is 0.250. The zero-order valence-electron chi connectivity index (χ0n) is 10.6. The molecule has 0 saturated carbocycles. The highest BCUT2D eigenvalue weighted by Crippen LogP contribution is 2.09. The van der Waals surface area contributed by atoms with Crippen molar-refractivity contribution in [2.24, 2.45) is 5.73 Å². The Bertz CT molecular complexity index is 484. The molecule has 1 unspecified atom stereocenters. The summed E-state index contributed by atoms with van der Waals surface area (Å²) in [7, 11) is 1.25. The van der Waals surface area contributed by atoms with Gasteiger partial charge in [-0.05, 0) is 31.2 Å². The van der Waals surface area contributed by atoms with Gasteiger partial charge in [0.15, 0.2) is 0 Å². The fourth-order valence-electron chi connectivity index (χ4n) is 1.36. The van der Waals surface area contributed by atoms with Crippen molar-refractivity contribution in [1.29, 1.82) is 0 Å². The molecule has 0 aliphatic rings. The number of rotatable bonds is 4. The van der Waals surface area contributed by atoms with Gasteiger partial charge in [-0.2, -0.15) is 0 Å². The monoisotopic (exact) mass is 265 g/mol. The number of urea groups is 1. The molecule has 3 amide bonds. The summed E-state index contributed by atoms with van der Waals surface area (Å²) < 4.78 is 4.50. The van der Waals surface area contributed by atoms with Crippen LogP contribution in [-0.4, -0.2) is 31.1 Å². The summed E-state index contributed by atoms with van der Waals surface area (Å²) in [6.45, 7) is 1.52. The van der Waals surface area contributed by atoms with Gasteiger partial charge in [0.25, 0.3) is 5.91 Å². The van der Waals surface area contributed by atoms with Crippen LogP contribution in [0, 0.1) is 0 Å². The number of benzene rings is 1. The Kier molecular flexibility index (Phi) is 4.87. The molecule has 1 atom stereocenters. The van der Waals surface area contributed by atoms with E-state index in [-0.39, 0.29) is 0 Å². The van der Waals surface area contributed by atoms with Crippen LogP contribution in [0.3, 0.4) is 0 Å². The van der Waals surface area contributed by atoms with Crippen molar-refractivity contribution in [3.8, 4) is 0 Å². The third-order valence-electron chi connectivity index (χ3n) is 2.32. The quantitative estimate of drug-likeness (QED) is 0.687. The Morgan fingerprint density at radius 1 is 1.21 bits per heavy atom. The fourth-order valence-corrected chi connectivity index (χ4v) is 1.36. The van der Waals surface area contributed by atoms with Gasteiger partial charge in [-0.25, -0.2) is 9.59 Å². The van der Waals surface area contributed by atoms with Crippen molar-refractivity contribution in [3.63, 3.8) is 0 Å². The maximum absolute atomic E-state index is 11.8. The third-order valence-corrected chi connectivity index (χ3v) is 2.32. The SMILES string of the molecule is COC(=O)C(C)NC(=O)c1ccc(NC(N)=O)cc1. The van der Waals surface area contributed by atoms with Gasteiger partial charge in [0, 0.05) is 11.3 Å². The number of amides is 3. The van der Waals surface area contributed by atoms with Crippen LogP contribution in [-0.2, 0) is 9.53 Å². The minimum Gasteiger partial charge on any atom is -0.467 e. The lowest BCUT2D eigenvalue weighted by Crippen LogP contribution is -2.39. The van der Waals surface area contributed by atoms with Crippen molar-refractivity contribution in [3.05, 3.63) is 29.8 Å². The first-order valence-electron chi connectivity index (χ1n) is 5.49. The van der Waals surface area contributed by atoms with E-state index >= 15 is 0 Å². The van der Waals surface area contributed by atoms with Crippen molar-refractivity contribution < 1.29 is 19.1 Å². The zero-order valence-corrected chi connectivity index (χ0v) is 10.6. The summed E-state index contributed by atoms with van der Waals surface area (Å²) in [6.07, 6.45) is 0. The predicted molar refractivity (Wildman–Crippen MR) is 68.6 cm³/mol. The molecule has 19 heavy (non-hydrogen) atoms. The van der Waals surface area contributed by atoms with Crippen LogP contribution in [0.15, 0.2) is 24.3 Å². The smallest absolute Gasteiger partial charge is 0.328 e. The highest BCUT2D eigenvalue weighted by atomic mass is 16.5. The maximum Gasteiger partial charge on any atom is 0.328 e. The molecule has 0 aromatic heterocycles. The Hall–Kier alpha value is -2.57. The summed E-state index contributed by atoms with van der Waals surface area (Å²) in [5, 5.41) is 4.85. The molecule has 0 aliphatic carbocycles. The molecule has 1 rings (SSSR count). The number of carbonyl (C=O) groups is 3. The van der Waals surface area contributed by atoms with Gasteiger partial charge in [0.05, 0.1) is 7.11 Å². The zero-order chi connectivity index (χ0) is 14.4. The van der Waals surface area contributed by atoms with Crippen LogP contribution in [0.25, 0.3) is 0 Å². The van der Waals surface area contributed by atoms with Crippen molar-refractivity contribution >= 4 is 23.6 Å². The molecule has 102 valence electrons. The van der Waals surface area contributed by atoms with E-state index in [0.717, 1.165) is 0 Å². The Morgan fingerprint density at radius 2 is 1.79 bits per heavy atom. The molecular weight excluding hydrogens is 250 g/mol. The summed E-state index contributed by atoms with van der Waals surface area (Å²) in [4.78, 5) is 33.6. The lowest BCUT2D eigenvalue weighted by atomic mass is 10.2. The summed E-state index contributed by atoms with van der Waals surface area (Å²) in [5.41, 5.74) is 5.79. The van der Waals surface area contributed by atoms with Gasteiger partial charge in [-0.3, -0.25) is 4.79 Å². The summed E-state index contributed by atoms with van der Waals surface area (Å²) in [6, 6.07) is 4.65. The number of nitrogens with two attached hydrogens (primary N) is 1. The number of anilines is 1. The first-order valence-corrected chi connectivity index (χ1v) is 5.49. The molecule has 0 saturated heterocycles. The molecule has 7 heteroatoms. The van der Waals surface area contributed by atoms with E-state index in [0.29, 0.717) is 11.3 Å². The number of hydrogen-bond donors (Lipinski definition) is 3. The van der Waals surface area contributed by atoms with Crippen LogP contribution in [0.1, 0.15) is 17.3 Å². The van der Waals surface area contributed by atoms with Crippen LogP contribution in [0.4, 0.5) is 10.5 Å². The first kappa shape index (κ1) is 14.5. The average molecular weight is 265 g/mol. The van der Waals surface area contributed by atoms with Crippen LogP contribution >= 0.6 is 0 Å². The van der Waals surface area contributed by atoms with Crippen LogP contribution in [0.5, 0.6) is 0 Å². The van der Waals surface area contributed by atoms with E-state index in [1.807, 2.05) is 0 Å². The molecule has 0 spiro atoms. The van der Waals surface area contributed by atoms with E-state index in [4.69, 9.17) is 5.73 Å². The molecule has 0 bridgehead atoms. The molecule has 4 N–H and O–H groups in total. The largest absolute Gasteiger partial charge is 0.467 e. The van der Waals surface area contributed by atoms with Gasteiger partial charge >= 0.3 is 12.0 Å². The molecular formula is C12H15N3O4. The number of hydrogen-bond acceptors (Lipinski definition) is 4. The number of nitrogens with one attached hydrogen (secondary N) is 2. The minimum absolute atomic E-state index is 0.353. The maximum atomic E-state index is 11.8. The normalized spacial score (nSPS) is 11.3. The topological polar surface area (TPSA) is 111 Å². The third kappa shape index (κ3) is 4.30. The number of methoxy groups -OCH3 is 1. The molecule has 7 nitrogen and oxygen atoms in total. The highest BCUT2D eigenvalue weighted by Gasteiger charge is 2.16. The van der Waals surface area contributed by atoms with E-state index in [9.17, 15) is 14.4 Å². The lowest BCUT2D eigenvalue weighted by molar-refractivity contribution is -0.142. The molecule has 1 aromatic carbocycles. The van der Waals surface area contributed by atoms with E-state index in [1.54, 1.807) is 0 Å². The van der Waals surface area contributed by atoms with Gasteiger partial charge in [0.2, 0.25) is 0 Å². The first-order chi connectivity index (χ1) is 8.93. The Labute approximate surface area is 110 Å². The van der Waals surface area contributed by atoms with Gasteiger partial charge in [-0.1, -0.05) is 0 Å². The predicted octanol–water partition coefficient (Wildman–Crippen LogP) is 0.468. The standard InChI is InChI=1S/C12H15N3O4/c1-7(11(17)19-2)14-10(16)8-3-5-9(6-4-8)15-12(13)18/h3-7H,1-2H3,(H,14,16)(H3,13,15,18). The van der Waals surface area contributed by atoms with Crippen LogP contribution in [0.2, 0.25) is 0 Å². The van der Waals surface area contributed by atoms with Crippen molar-refractivity contribution in [1.82, 2.24) is 5.32 Å². The molecule has 0 aliphatic heterocycles. The van der Waals surface area contributed by atoms with Gasteiger partial charge in [-0.15, -0.1) is 0 Å². The van der Waals surface area contributed by atoms with Crippen molar-refractivity contribution in [2.75, 3.05) is 12.4 Å². The molecule has 0 fully saturated rings. The minimum atomic E-state index is -0.735. The lowest BCUT2D eigenvalue weighted by Gasteiger charge is -2.11. The number of ether oxygens (including phenoxy) is 1. The van der Waals surface area contributed by atoms with E-state index in [1.165, 1.54) is 38.3 Å². The summed E-state index contributed by atoms with van der Waals surface area (Å²) >= 11 is 0. The summed E-state index contributed by atoms with van der Waals surface area (Å²) in [5.74, 6) is -0.941. The average Bonchev–Trinajstić information content (AvgIpc) is 2.37. The molecule has 0 heterocycles. The van der Waals surface area contributed by atoms with Gasteiger partial charge < -0.3 is 21.1 Å². The van der Waals surface area contributed by atoms with E-state index < -0.39 is 23.9 Å². The second-order valence-electron chi connectivity index (χ2n) is 3.78. The second-order valence-corrected chi connectivity index (χ2v) is 3.78. The molecule has 0 radical (unpaired) electrons. The van der Waals surface area contributed by atoms with Gasteiger partial charge in [0.1, 0.15) is 6.04 Å². The van der Waals surface area contributed by atoms with Crippen molar-refractivity contribution in [2.45, 2.75) is 13.0 Å². The number of esters is 1. The number of primary amides is 1. The number of carbonyl (C=O) groups excluding carboxylic acids is 3. The molecule has 1 aromatic rings. The Morgan fingerprint density at radius 3 is 2.26 bits per heavy atom.